The molecule has 1 amide bonds. The molecule has 0 aliphatic carbocycles. The molecular weight excluding hydrogens is 381 g/mol. The smallest absolute Gasteiger partial charge is 0.337 e. The highest BCUT2D eigenvalue weighted by atomic mass is 79.9. The summed E-state index contributed by atoms with van der Waals surface area (Å²) in [6, 6.07) is 8.97. The monoisotopic (exact) mass is 387 g/mol. The molecule has 0 aliphatic rings. The Bertz CT molecular complexity index is 734. The molecule has 0 bridgehead atoms. The number of hydrogen-bond acceptors (Lipinski definition) is 2. The maximum Gasteiger partial charge on any atom is 0.337 e. The van der Waals surface area contributed by atoms with Gasteiger partial charge in [-0.3, -0.25) is 4.79 Å². The van der Waals surface area contributed by atoms with Crippen LogP contribution in [0.5, 0.6) is 0 Å². The predicted molar refractivity (Wildman–Crippen MR) is 85.5 cm³/mol. The third kappa shape index (κ3) is 3.75. The summed E-state index contributed by atoms with van der Waals surface area (Å²) in [4.78, 5) is 23.1. The van der Waals surface area contributed by atoms with Crippen LogP contribution in [0.1, 0.15) is 20.7 Å². The number of carbonyl (C=O) groups excluding carboxylic acids is 1. The number of carboxylic acids is 1. The zero-order valence-electron chi connectivity index (χ0n) is 10.4. The van der Waals surface area contributed by atoms with Gasteiger partial charge in [0.2, 0.25) is 0 Å². The van der Waals surface area contributed by atoms with E-state index >= 15 is 0 Å². The van der Waals surface area contributed by atoms with Crippen LogP contribution in [0.25, 0.3) is 0 Å². The van der Waals surface area contributed by atoms with Gasteiger partial charge in [0.05, 0.1) is 15.6 Å². The fourth-order valence-electron chi connectivity index (χ4n) is 1.61. The zero-order valence-corrected chi connectivity index (χ0v) is 13.5. The molecule has 2 aromatic carbocycles. The van der Waals surface area contributed by atoms with Crippen LogP contribution in [0.15, 0.2) is 40.9 Å². The third-order valence-electron chi connectivity index (χ3n) is 2.64. The number of amides is 1. The second-order valence-corrected chi connectivity index (χ2v) is 5.75. The highest BCUT2D eigenvalue weighted by molar-refractivity contribution is 9.10. The van der Waals surface area contributed by atoms with Crippen LogP contribution in [0.2, 0.25) is 10.0 Å². The maximum absolute atomic E-state index is 12.1. The minimum Gasteiger partial charge on any atom is -0.478 e. The summed E-state index contributed by atoms with van der Waals surface area (Å²) in [7, 11) is 0. The van der Waals surface area contributed by atoms with Gasteiger partial charge in [-0.1, -0.05) is 23.2 Å². The summed E-state index contributed by atoms with van der Waals surface area (Å²) in [6.07, 6.45) is 0. The molecule has 0 heterocycles. The van der Waals surface area contributed by atoms with Gasteiger partial charge in [-0.25, -0.2) is 4.79 Å². The van der Waals surface area contributed by atoms with Crippen LogP contribution in [0.4, 0.5) is 5.69 Å². The van der Waals surface area contributed by atoms with E-state index < -0.39 is 5.97 Å². The van der Waals surface area contributed by atoms with Crippen LogP contribution >= 0.6 is 39.1 Å². The fraction of sp³-hybridized carbons (Fsp3) is 0. The Labute approximate surface area is 138 Å². The van der Waals surface area contributed by atoms with Crippen molar-refractivity contribution in [1.82, 2.24) is 0 Å². The summed E-state index contributed by atoms with van der Waals surface area (Å²) < 4.78 is 0.596. The second kappa shape index (κ2) is 6.47. The van der Waals surface area contributed by atoms with Gasteiger partial charge >= 0.3 is 5.97 Å². The summed E-state index contributed by atoms with van der Waals surface area (Å²) in [5.41, 5.74) is 0.651. The molecule has 0 fully saturated rings. The van der Waals surface area contributed by atoms with E-state index in [4.69, 9.17) is 28.3 Å². The van der Waals surface area contributed by atoms with E-state index in [1.165, 1.54) is 18.2 Å². The van der Waals surface area contributed by atoms with Gasteiger partial charge in [-0.15, -0.1) is 0 Å². The summed E-state index contributed by atoms with van der Waals surface area (Å²) in [5.74, 6) is -1.55. The van der Waals surface area contributed by atoms with Crippen molar-refractivity contribution < 1.29 is 14.7 Å². The van der Waals surface area contributed by atoms with E-state index in [2.05, 4.69) is 21.2 Å². The highest BCUT2D eigenvalue weighted by Crippen LogP contribution is 2.24. The normalized spacial score (nSPS) is 10.2. The molecule has 0 aromatic heterocycles. The fourth-order valence-corrected chi connectivity index (χ4v) is 2.30. The van der Waals surface area contributed by atoms with E-state index in [9.17, 15) is 9.59 Å². The largest absolute Gasteiger partial charge is 0.478 e. The lowest BCUT2D eigenvalue weighted by Gasteiger charge is -2.08. The molecule has 0 unspecified atom stereocenters. The molecule has 2 N–H and O–H groups in total. The van der Waals surface area contributed by atoms with Crippen molar-refractivity contribution in [2.75, 3.05) is 5.32 Å². The van der Waals surface area contributed by atoms with E-state index in [0.29, 0.717) is 20.7 Å². The van der Waals surface area contributed by atoms with Crippen LogP contribution in [-0.2, 0) is 0 Å². The standard InChI is InChI=1S/C14H8BrCl2NO3/c15-10-5-7(1-3-12(10)17)13(19)18-8-2-4-11(16)9(6-8)14(20)21/h1-6H,(H,18,19)(H,20,21). The molecule has 0 radical (unpaired) electrons. The zero-order chi connectivity index (χ0) is 15.6. The number of rotatable bonds is 3. The van der Waals surface area contributed by atoms with E-state index in [1.54, 1.807) is 18.2 Å². The predicted octanol–water partition coefficient (Wildman–Crippen LogP) is 4.71. The van der Waals surface area contributed by atoms with Crippen molar-refractivity contribution in [1.29, 1.82) is 0 Å². The van der Waals surface area contributed by atoms with Gasteiger partial charge < -0.3 is 10.4 Å². The SMILES string of the molecule is O=C(Nc1ccc(Cl)c(C(=O)O)c1)c1ccc(Cl)c(Br)c1. The first-order valence-electron chi connectivity index (χ1n) is 5.67. The molecule has 108 valence electrons. The molecule has 0 aliphatic heterocycles. The van der Waals surface area contributed by atoms with Crippen molar-refractivity contribution in [3.8, 4) is 0 Å². The molecule has 2 rings (SSSR count). The summed E-state index contributed by atoms with van der Waals surface area (Å²) in [5, 5.41) is 12.2. The van der Waals surface area contributed by atoms with E-state index in [1.807, 2.05) is 0 Å². The van der Waals surface area contributed by atoms with Crippen LogP contribution in [-0.4, -0.2) is 17.0 Å². The van der Waals surface area contributed by atoms with Crippen molar-refractivity contribution in [2.45, 2.75) is 0 Å². The molecule has 2 aromatic rings. The highest BCUT2D eigenvalue weighted by Gasteiger charge is 2.12. The van der Waals surface area contributed by atoms with Crippen LogP contribution in [0.3, 0.4) is 0 Å². The Kier molecular flexibility index (Phi) is 4.88. The number of aromatic carboxylic acids is 1. The lowest BCUT2D eigenvalue weighted by Crippen LogP contribution is -2.12. The topological polar surface area (TPSA) is 66.4 Å². The Morgan fingerprint density at radius 2 is 1.71 bits per heavy atom. The first kappa shape index (κ1) is 15.8. The summed E-state index contributed by atoms with van der Waals surface area (Å²) in [6.45, 7) is 0. The van der Waals surface area contributed by atoms with Crippen molar-refractivity contribution >= 4 is 56.7 Å². The van der Waals surface area contributed by atoms with Gasteiger partial charge in [0.15, 0.2) is 0 Å². The van der Waals surface area contributed by atoms with Crippen molar-refractivity contribution in [3.63, 3.8) is 0 Å². The first-order chi connectivity index (χ1) is 9.88. The molecule has 21 heavy (non-hydrogen) atoms. The second-order valence-electron chi connectivity index (χ2n) is 4.08. The van der Waals surface area contributed by atoms with Gasteiger partial charge in [0, 0.05) is 15.7 Å². The molecule has 0 saturated heterocycles. The molecule has 4 nitrogen and oxygen atoms in total. The van der Waals surface area contributed by atoms with Gasteiger partial charge in [-0.05, 0) is 52.3 Å². The van der Waals surface area contributed by atoms with E-state index in [0.717, 1.165) is 0 Å². The number of anilines is 1. The number of carboxylic acid groups (broad SMARTS) is 1. The Morgan fingerprint density at radius 3 is 2.33 bits per heavy atom. The number of carbonyl (C=O) groups is 2. The molecule has 0 spiro atoms. The van der Waals surface area contributed by atoms with Gasteiger partial charge in [0.25, 0.3) is 5.91 Å². The number of hydrogen-bond donors (Lipinski definition) is 2. The van der Waals surface area contributed by atoms with Crippen LogP contribution < -0.4 is 5.32 Å². The molecule has 0 atom stereocenters. The van der Waals surface area contributed by atoms with Crippen molar-refractivity contribution in [3.05, 3.63) is 62.0 Å². The lowest BCUT2D eigenvalue weighted by atomic mass is 10.1. The van der Waals surface area contributed by atoms with Gasteiger partial charge in [0.1, 0.15) is 0 Å². The van der Waals surface area contributed by atoms with Gasteiger partial charge in [-0.2, -0.15) is 0 Å². The molecule has 0 saturated carbocycles. The lowest BCUT2D eigenvalue weighted by molar-refractivity contribution is 0.0696. The average molecular weight is 389 g/mol. The maximum atomic E-state index is 12.1. The Morgan fingerprint density at radius 1 is 1.05 bits per heavy atom. The molecule has 7 heteroatoms. The average Bonchev–Trinajstić information content (AvgIpc) is 2.43. The summed E-state index contributed by atoms with van der Waals surface area (Å²) >= 11 is 14.9. The Hall–Kier alpha value is -1.56. The minimum absolute atomic E-state index is 0.0771. The van der Waals surface area contributed by atoms with Crippen molar-refractivity contribution in [2.24, 2.45) is 0 Å². The minimum atomic E-state index is -1.16. The number of halogens is 3. The Balaban J connectivity index is 2.25. The number of benzene rings is 2. The molecular formula is C14H8BrCl2NO3. The van der Waals surface area contributed by atoms with Crippen LogP contribution in [0, 0.1) is 0 Å². The third-order valence-corrected chi connectivity index (χ3v) is 4.18. The quantitative estimate of drug-likeness (QED) is 0.800. The first-order valence-corrected chi connectivity index (χ1v) is 7.22. The van der Waals surface area contributed by atoms with E-state index in [-0.39, 0.29) is 16.5 Å². The number of nitrogens with one attached hydrogen (secondary N) is 1.